The summed E-state index contributed by atoms with van der Waals surface area (Å²) in [6, 6.07) is 7.66. The Bertz CT molecular complexity index is 751. The van der Waals surface area contributed by atoms with E-state index >= 15 is 0 Å². The fourth-order valence-corrected chi connectivity index (χ4v) is 3.38. The molecule has 0 aliphatic carbocycles. The molecule has 1 N–H and O–H groups in total. The molecular weight excluding hydrogens is 354 g/mol. The highest BCUT2D eigenvalue weighted by molar-refractivity contribution is 5.94. The summed E-state index contributed by atoms with van der Waals surface area (Å²) >= 11 is 0. The van der Waals surface area contributed by atoms with E-state index < -0.39 is 0 Å². The number of carbonyl (C=O) groups is 1. The number of morpholine rings is 1. The van der Waals surface area contributed by atoms with Crippen molar-refractivity contribution in [3.63, 3.8) is 0 Å². The van der Waals surface area contributed by atoms with Crippen molar-refractivity contribution in [3.8, 4) is 5.75 Å². The molecule has 6 heteroatoms. The van der Waals surface area contributed by atoms with Crippen LogP contribution >= 0.6 is 0 Å². The number of nitrogens with one attached hydrogen (secondary N) is 1. The summed E-state index contributed by atoms with van der Waals surface area (Å²) < 4.78 is 11.3. The molecule has 0 spiro atoms. The Morgan fingerprint density at radius 2 is 2.00 bits per heavy atom. The van der Waals surface area contributed by atoms with Gasteiger partial charge in [0.1, 0.15) is 12.4 Å². The van der Waals surface area contributed by atoms with Gasteiger partial charge in [-0.3, -0.25) is 14.7 Å². The fourth-order valence-electron chi connectivity index (χ4n) is 3.38. The number of rotatable bonds is 8. The number of benzene rings is 1. The number of aromatic nitrogens is 1. The number of pyridine rings is 1. The number of ether oxygens (including phenoxy) is 2. The topological polar surface area (TPSA) is 63.7 Å². The van der Waals surface area contributed by atoms with Gasteiger partial charge in [0.15, 0.2) is 0 Å². The van der Waals surface area contributed by atoms with E-state index in [1.165, 1.54) is 0 Å². The average molecular weight is 383 g/mol. The smallest absolute Gasteiger partial charge is 0.251 e. The molecule has 3 rings (SSSR count). The second-order valence-corrected chi connectivity index (χ2v) is 7.15. The number of amides is 1. The molecule has 1 aliphatic rings. The third-order valence-corrected chi connectivity index (χ3v) is 4.87. The van der Waals surface area contributed by atoms with Gasteiger partial charge in [-0.15, -0.1) is 0 Å². The average Bonchev–Trinajstić information content (AvgIpc) is 2.72. The SMILES string of the molecule is Cc1cc(C(=O)NCCCN2CCOCC2)cc(C)c1OCc1cccnc1. The standard InChI is InChI=1S/C22H29N3O3/c1-17-13-20(22(26)24-7-4-8-25-9-11-27-12-10-25)14-18(2)21(17)28-16-19-5-3-6-23-15-19/h3,5-6,13-15H,4,7-12,16H2,1-2H3,(H,24,26). The van der Waals surface area contributed by atoms with Gasteiger partial charge in [0.2, 0.25) is 0 Å². The van der Waals surface area contributed by atoms with Gasteiger partial charge in [0.05, 0.1) is 13.2 Å². The van der Waals surface area contributed by atoms with Crippen molar-refractivity contribution < 1.29 is 14.3 Å². The van der Waals surface area contributed by atoms with Crippen molar-refractivity contribution in [1.82, 2.24) is 15.2 Å². The summed E-state index contributed by atoms with van der Waals surface area (Å²) in [5, 5.41) is 3.02. The van der Waals surface area contributed by atoms with Gasteiger partial charge in [0, 0.05) is 43.2 Å². The minimum Gasteiger partial charge on any atom is -0.488 e. The van der Waals surface area contributed by atoms with Crippen molar-refractivity contribution in [2.24, 2.45) is 0 Å². The molecule has 0 bridgehead atoms. The van der Waals surface area contributed by atoms with Crippen LogP contribution in [0.3, 0.4) is 0 Å². The zero-order valence-corrected chi connectivity index (χ0v) is 16.7. The van der Waals surface area contributed by atoms with Crippen molar-refractivity contribution >= 4 is 5.91 Å². The molecule has 0 radical (unpaired) electrons. The Hall–Kier alpha value is -2.44. The normalized spacial score (nSPS) is 14.6. The Morgan fingerprint density at radius 1 is 1.25 bits per heavy atom. The second-order valence-electron chi connectivity index (χ2n) is 7.15. The van der Waals surface area contributed by atoms with Crippen LogP contribution in [-0.2, 0) is 11.3 Å². The van der Waals surface area contributed by atoms with Crippen molar-refractivity contribution in [3.05, 3.63) is 58.9 Å². The summed E-state index contributed by atoms with van der Waals surface area (Å²) in [4.78, 5) is 19.0. The van der Waals surface area contributed by atoms with E-state index in [0.717, 1.165) is 61.7 Å². The van der Waals surface area contributed by atoms with Crippen molar-refractivity contribution in [2.75, 3.05) is 39.4 Å². The Kier molecular flexibility index (Phi) is 7.39. The zero-order valence-electron chi connectivity index (χ0n) is 16.7. The van der Waals surface area contributed by atoms with E-state index in [0.29, 0.717) is 18.7 Å². The van der Waals surface area contributed by atoms with Crippen LogP contribution in [0.2, 0.25) is 0 Å². The molecule has 1 amide bonds. The zero-order chi connectivity index (χ0) is 19.8. The highest BCUT2D eigenvalue weighted by Gasteiger charge is 2.13. The molecule has 0 atom stereocenters. The van der Waals surface area contributed by atoms with E-state index in [-0.39, 0.29) is 5.91 Å². The number of nitrogens with zero attached hydrogens (tertiary/aromatic N) is 2. The number of aryl methyl sites for hydroxylation is 2. The van der Waals surface area contributed by atoms with Crippen LogP contribution in [0, 0.1) is 13.8 Å². The molecule has 0 unspecified atom stereocenters. The molecule has 6 nitrogen and oxygen atoms in total. The predicted octanol–water partition coefficient (Wildman–Crippen LogP) is 2.73. The molecule has 1 aliphatic heterocycles. The molecule has 1 aromatic heterocycles. The highest BCUT2D eigenvalue weighted by atomic mass is 16.5. The van der Waals surface area contributed by atoms with Gasteiger partial charge in [-0.05, 0) is 56.1 Å². The molecule has 1 saturated heterocycles. The van der Waals surface area contributed by atoms with E-state index in [1.54, 1.807) is 12.4 Å². The molecule has 2 aromatic rings. The highest BCUT2D eigenvalue weighted by Crippen LogP contribution is 2.25. The summed E-state index contributed by atoms with van der Waals surface area (Å²) in [7, 11) is 0. The van der Waals surface area contributed by atoms with Crippen molar-refractivity contribution in [2.45, 2.75) is 26.9 Å². The lowest BCUT2D eigenvalue weighted by Crippen LogP contribution is -2.38. The minimum atomic E-state index is -0.0352. The first-order chi connectivity index (χ1) is 13.6. The van der Waals surface area contributed by atoms with Crippen LogP contribution in [0.1, 0.15) is 33.5 Å². The van der Waals surface area contributed by atoms with E-state index in [9.17, 15) is 4.79 Å². The Labute approximate surface area is 166 Å². The number of carbonyl (C=O) groups excluding carboxylic acids is 1. The summed E-state index contributed by atoms with van der Waals surface area (Å²) in [5.74, 6) is 0.791. The quantitative estimate of drug-likeness (QED) is 0.710. The van der Waals surface area contributed by atoms with Crippen LogP contribution in [-0.4, -0.2) is 55.2 Å². The molecule has 150 valence electrons. The molecule has 28 heavy (non-hydrogen) atoms. The predicted molar refractivity (Wildman–Crippen MR) is 109 cm³/mol. The lowest BCUT2D eigenvalue weighted by molar-refractivity contribution is 0.0374. The first-order valence-electron chi connectivity index (χ1n) is 9.85. The van der Waals surface area contributed by atoms with Crippen LogP contribution in [0.25, 0.3) is 0 Å². The molecule has 0 saturated carbocycles. The Morgan fingerprint density at radius 3 is 2.68 bits per heavy atom. The summed E-state index contributed by atoms with van der Waals surface area (Å²) in [6.07, 6.45) is 4.48. The largest absolute Gasteiger partial charge is 0.488 e. The number of hydrogen-bond donors (Lipinski definition) is 1. The summed E-state index contributed by atoms with van der Waals surface area (Å²) in [5.41, 5.74) is 3.61. The monoisotopic (exact) mass is 383 g/mol. The van der Waals surface area contributed by atoms with E-state index in [4.69, 9.17) is 9.47 Å². The van der Waals surface area contributed by atoms with Crippen LogP contribution in [0.4, 0.5) is 0 Å². The second kappa shape index (κ2) is 10.2. The van der Waals surface area contributed by atoms with Gasteiger partial charge >= 0.3 is 0 Å². The van der Waals surface area contributed by atoms with Crippen molar-refractivity contribution in [1.29, 1.82) is 0 Å². The number of hydrogen-bond acceptors (Lipinski definition) is 5. The molecular formula is C22H29N3O3. The Balaban J connectivity index is 1.50. The lowest BCUT2D eigenvalue weighted by Gasteiger charge is -2.26. The van der Waals surface area contributed by atoms with E-state index in [1.807, 2.05) is 38.1 Å². The molecule has 1 aromatic carbocycles. The van der Waals surface area contributed by atoms with Gasteiger partial charge in [-0.2, -0.15) is 0 Å². The maximum atomic E-state index is 12.5. The third kappa shape index (κ3) is 5.78. The lowest BCUT2D eigenvalue weighted by atomic mass is 10.0. The first kappa shape index (κ1) is 20.3. The minimum absolute atomic E-state index is 0.0352. The van der Waals surface area contributed by atoms with Crippen LogP contribution in [0.5, 0.6) is 5.75 Å². The fraction of sp³-hybridized carbons (Fsp3) is 0.455. The maximum absolute atomic E-state index is 12.5. The van der Waals surface area contributed by atoms with E-state index in [2.05, 4.69) is 15.2 Å². The van der Waals surface area contributed by atoms with Gasteiger partial charge < -0.3 is 14.8 Å². The summed E-state index contributed by atoms with van der Waals surface area (Å²) in [6.45, 7) is 9.64. The molecule has 1 fully saturated rings. The maximum Gasteiger partial charge on any atom is 0.251 e. The third-order valence-electron chi connectivity index (χ3n) is 4.87. The molecule has 2 heterocycles. The van der Waals surface area contributed by atoms with Gasteiger partial charge in [-0.25, -0.2) is 0 Å². The first-order valence-corrected chi connectivity index (χ1v) is 9.85. The van der Waals surface area contributed by atoms with Crippen LogP contribution < -0.4 is 10.1 Å². The van der Waals surface area contributed by atoms with Gasteiger partial charge in [0.25, 0.3) is 5.91 Å². The van der Waals surface area contributed by atoms with Gasteiger partial charge in [-0.1, -0.05) is 6.07 Å². The van der Waals surface area contributed by atoms with Crippen LogP contribution in [0.15, 0.2) is 36.7 Å².